The molecule has 0 unspecified atom stereocenters. The number of aryl methyl sites for hydroxylation is 1. The van der Waals surface area contributed by atoms with Gasteiger partial charge in [0.05, 0.1) is 9.77 Å². The van der Waals surface area contributed by atoms with E-state index >= 15 is 0 Å². The van der Waals surface area contributed by atoms with Crippen LogP contribution in [0.4, 0.5) is 5.69 Å². The number of nitrogens with zero attached hydrogens (tertiary/aromatic N) is 1. The molecule has 1 amide bonds. The summed E-state index contributed by atoms with van der Waals surface area (Å²) in [6.45, 7) is 2.77. The van der Waals surface area contributed by atoms with E-state index in [1.807, 2.05) is 0 Å². The normalized spacial score (nSPS) is 15.5. The first kappa shape index (κ1) is 16.9. The Morgan fingerprint density at radius 3 is 2.62 bits per heavy atom. The van der Waals surface area contributed by atoms with Gasteiger partial charge in [0.2, 0.25) is 10.0 Å². The summed E-state index contributed by atoms with van der Waals surface area (Å²) in [5, 5.41) is 12.1. The number of amides is 1. The molecular formula is C16H18N2O4S2. The molecule has 1 aromatic carbocycles. The molecule has 2 N–H and O–H groups in total. The van der Waals surface area contributed by atoms with Crippen LogP contribution in [-0.4, -0.2) is 36.8 Å². The van der Waals surface area contributed by atoms with Gasteiger partial charge in [0.25, 0.3) is 5.91 Å². The van der Waals surface area contributed by atoms with Gasteiger partial charge in [-0.1, -0.05) is 6.07 Å². The summed E-state index contributed by atoms with van der Waals surface area (Å²) in [5.74, 6) is -0.343. The van der Waals surface area contributed by atoms with Crippen molar-refractivity contribution in [1.82, 2.24) is 4.31 Å². The van der Waals surface area contributed by atoms with E-state index in [2.05, 4.69) is 5.32 Å². The zero-order chi connectivity index (χ0) is 17.3. The maximum absolute atomic E-state index is 12.7. The Morgan fingerprint density at radius 2 is 1.96 bits per heavy atom. The quantitative estimate of drug-likeness (QED) is 0.871. The molecule has 0 radical (unpaired) electrons. The van der Waals surface area contributed by atoms with Gasteiger partial charge < -0.3 is 10.4 Å². The largest absolute Gasteiger partial charge is 0.508 e. The molecule has 6 nitrogen and oxygen atoms in total. The molecule has 24 heavy (non-hydrogen) atoms. The number of phenolic OH excluding ortho intramolecular Hbond substituents is 1. The highest BCUT2D eigenvalue weighted by Gasteiger charge is 2.30. The van der Waals surface area contributed by atoms with Gasteiger partial charge in [-0.3, -0.25) is 4.79 Å². The number of sulfonamides is 1. The summed E-state index contributed by atoms with van der Waals surface area (Å²) >= 11 is 1.15. The lowest BCUT2D eigenvalue weighted by Gasteiger charge is -2.14. The summed E-state index contributed by atoms with van der Waals surface area (Å²) in [4.78, 5) is 13.5. The van der Waals surface area contributed by atoms with Crippen molar-refractivity contribution in [3.63, 3.8) is 0 Å². The fourth-order valence-electron chi connectivity index (χ4n) is 2.68. The number of anilines is 1. The van der Waals surface area contributed by atoms with Gasteiger partial charge in [0.15, 0.2) is 0 Å². The van der Waals surface area contributed by atoms with Gasteiger partial charge in [-0.15, -0.1) is 11.3 Å². The fraction of sp³-hybridized carbons (Fsp3) is 0.312. The van der Waals surface area contributed by atoms with E-state index in [-0.39, 0.29) is 10.6 Å². The average Bonchev–Trinajstić information content (AvgIpc) is 3.17. The Bertz CT molecular complexity index is 868. The summed E-state index contributed by atoms with van der Waals surface area (Å²) in [6.07, 6.45) is 1.74. The Labute approximate surface area is 144 Å². The molecule has 0 atom stereocenters. The Morgan fingerprint density at radius 1 is 1.25 bits per heavy atom. The number of aromatic hydroxyl groups is 1. The zero-order valence-corrected chi connectivity index (χ0v) is 14.8. The molecule has 0 aliphatic carbocycles. The summed E-state index contributed by atoms with van der Waals surface area (Å²) in [7, 11) is -3.54. The van der Waals surface area contributed by atoms with E-state index in [1.54, 1.807) is 19.1 Å². The molecule has 1 aromatic heterocycles. The van der Waals surface area contributed by atoms with Crippen molar-refractivity contribution in [3.05, 3.63) is 40.1 Å². The van der Waals surface area contributed by atoms with E-state index in [0.29, 0.717) is 28.5 Å². The first-order chi connectivity index (χ1) is 11.4. The SMILES string of the molecule is Cc1sc(C(=O)Nc2cccc(O)c2)cc1S(=O)(=O)N1CCCC1. The van der Waals surface area contributed by atoms with Crippen molar-refractivity contribution >= 4 is 33.0 Å². The van der Waals surface area contributed by atoms with Crippen LogP contribution in [0, 0.1) is 6.92 Å². The number of rotatable bonds is 4. The van der Waals surface area contributed by atoms with Gasteiger partial charge in [0, 0.05) is 29.7 Å². The number of carbonyl (C=O) groups is 1. The van der Waals surface area contributed by atoms with E-state index in [1.165, 1.54) is 22.5 Å². The molecule has 8 heteroatoms. The maximum Gasteiger partial charge on any atom is 0.265 e. The van der Waals surface area contributed by atoms with Crippen molar-refractivity contribution < 1.29 is 18.3 Å². The minimum Gasteiger partial charge on any atom is -0.508 e. The standard InChI is InChI=1S/C16H18N2O4S2/c1-11-15(24(21,22)18-7-2-3-8-18)10-14(23-11)16(20)17-12-5-4-6-13(19)9-12/h4-6,9-10,19H,2-3,7-8H2,1H3,(H,17,20). The van der Waals surface area contributed by atoms with Crippen molar-refractivity contribution in [2.75, 3.05) is 18.4 Å². The maximum atomic E-state index is 12.7. The van der Waals surface area contributed by atoms with Crippen molar-refractivity contribution in [1.29, 1.82) is 0 Å². The zero-order valence-electron chi connectivity index (χ0n) is 13.2. The van der Waals surface area contributed by atoms with Crippen LogP contribution in [0.1, 0.15) is 27.4 Å². The van der Waals surface area contributed by atoms with Crippen LogP contribution >= 0.6 is 11.3 Å². The lowest BCUT2D eigenvalue weighted by Crippen LogP contribution is -2.28. The average molecular weight is 366 g/mol. The van der Waals surface area contributed by atoms with Crippen LogP contribution in [0.2, 0.25) is 0 Å². The minimum atomic E-state index is -3.54. The van der Waals surface area contributed by atoms with Crippen LogP contribution in [0.15, 0.2) is 35.2 Å². The van der Waals surface area contributed by atoms with Gasteiger partial charge in [-0.2, -0.15) is 4.31 Å². The molecule has 0 saturated carbocycles. The first-order valence-electron chi connectivity index (χ1n) is 7.59. The van der Waals surface area contributed by atoms with Gasteiger partial charge in [0.1, 0.15) is 5.75 Å². The van der Waals surface area contributed by atoms with Gasteiger partial charge in [-0.05, 0) is 38.0 Å². The third-order valence-electron chi connectivity index (χ3n) is 3.88. The number of phenols is 1. The Hall–Kier alpha value is -1.90. The third kappa shape index (κ3) is 3.31. The fourth-order valence-corrected chi connectivity index (χ4v) is 5.65. The summed E-state index contributed by atoms with van der Waals surface area (Å²) < 4.78 is 26.8. The molecule has 2 aromatic rings. The van der Waals surface area contributed by atoms with E-state index < -0.39 is 15.9 Å². The van der Waals surface area contributed by atoms with E-state index in [0.717, 1.165) is 24.2 Å². The number of carbonyl (C=O) groups excluding carboxylic acids is 1. The lowest BCUT2D eigenvalue weighted by atomic mass is 10.3. The molecule has 0 spiro atoms. The highest BCUT2D eigenvalue weighted by molar-refractivity contribution is 7.89. The number of hydrogen-bond acceptors (Lipinski definition) is 5. The number of benzene rings is 1. The minimum absolute atomic E-state index is 0.0486. The molecule has 1 aliphatic rings. The second kappa shape index (κ2) is 6.54. The van der Waals surface area contributed by atoms with Crippen LogP contribution < -0.4 is 5.32 Å². The highest BCUT2D eigenvalue weighted by atomic mass is 32.2. The van der Waals surface area contributed by atoms with Crippen molar-refractivity contribution in [2.45, 2.75) is 24.7 Å². The molecule has 128 valence electrons. The van der Waals surface area contributed by atoms with E-state index in [9.17, 15) is 18.3 Å². The predicted molar refractivity (Wildman–Crippen MR) is 93.1 cm³/mol. The predicted octanol–water partition coefficient (Wildman–Crippen LogP) is 2.80. The molecule has 0 bridgehead atoms. The first-order valence-corrected chi connectivity index (χ1v) is 9.84. The number of nitrogens with one attached hydrogen (secondary N) is 1. The topological polar surface area (TPSA) is 86.7 Å². The van der Waals surface area contributed by atoms with Gasteiger partial charge in [-0.25, -0.2) is 8.42 Å². The van der Waals surface area contributed by atoms with Crippen LogP contribution in [0.25, 0.3) is 0 Å². The summed E-state index contributed by atoms with van der Waals surface area (Å²) in [6, 6.07) is 7.64. The van der Waals surface area contributed by atoms with Crippen LogP contribution in [-0.2, 0) is 10.0 Å². The molecule has 1 fully saturated rings. The summed E-state index contributed by atoms with van der Waals surface area (Å²) in [5.41, 5.74) is 0.454. The Balaban J connectivity index is 1.84. The smallest absolute Gasteiger partial charge is 0.265 e. The van der Waals surface area contributed by atoms with Crippen molar-refractivity contribution in [2.24, 2.45) is 0 Å². The molecular weight excluding hydrogens is 348 g/mol. The molecule has 3 rings (SSSR count). The second-order valence-corrected chi connectivity index (χ2v) is 8.81. The van der Waals surface area contributed by atoms with Gasteiger partial charge >= 0.3 is 0 Å². The lowest BCUT2D eigenvalue weighted by molar-refractivity contribution is 0.103. The van der Waals surface area contributed by atoms with E-state index in [4.69, 9.17) is 0 Å². The van der Waals surface area contributed by atoms with Crippen LogP contribution in [0.5, 0.6) is 5.75 Å². The number of thiophene rings is 1. The second-order valence-electron chi connectivity index (χ2n) is 5.65. The molecule has 1 aliphatic heterocycles. The highest BCUT2D eigenvalue weighted by Crippen LogP contribution is 2.30. The number of hydrogen-bond donors (Lipinski definition) is 2. The van der Waals surface area contributed by atoms with Crippen LogP contribution in [0.3, 0.4) is 0 Å². The van der Waals surface area contributed by atoms with Crippen molar-refractivity contribution in [3.8, 4) is 5.75 Å². The third-order valence-corrected chi connectivity index (χ3v) is 7.09. The monoisotopic (exact) mass is 366 g/mol. The Kier molecular flexibility index (Phi) is 4.62. The molecule has 1 saturated heterocycles. The molecule has 2 heterocycles.